The van der Waals surface area contributed by atoms with Crippen LogP contribution in [-0.2, 0) is 13.1 Å². The van der Waals surface area contributed by atoms with E-state index >= 15 is 0 Å². The highest BCUT2D eigenvalue weighted by Crippen LogP contribution is 2.23. The van der Waals surface area contributed by atoms with Gasteiger partial charge >= 0.3 is 0 Å². The summed E-state index contributed by atoms with van der Waals surface area (Å²) in [7, 11) is 2.07. The lowest BCUT2D eigenvalue weighted by molar-refractivity contribution is 0.676. The minimum atomic E-state index is 0.735. The van der Waals surface area contributed by atoms with Gasteiger partial charge in [-0.2, -0.15) is 0 Å². The molecule has 0 bridgehead atoms. The number of nitrogens with zero attached hydrogens (tertiary/aromatic N) is 3. The van der Waals surface area contributed by atoms with E-state index in [9.17, 15) is 0 Å². The van der Waals surface area contributed by atoms with E-state index < -0.39 is 0 Å². The highest BCUT2D eigenvalue weighted by atomic mass is 32.1. The van der Waals surface area contributed by atoms with Crippen LogP contribution in [0.1, 0.15) is 24.1 Å². The molecule has 0 amide bonds. The van der Waals surface area contributed by atoms with Gasteiger partial charge in [-0.3, -0.25) is 4.98 Å². The molecule has 1 fully saturated rings. The Morgan fingerprint density at radius 3 is 3.11 bits per heavy atom. The van der Waals surface area contributed by atoms with Crippen LogP contribution in [0.15, 0.2) is 29.9 Å². The second kappa shape index (κ2) is 5.67. The SMILES string of the molecule is CN(Cc1cccnc1)c1nc(CNC2CC2)cs1. The van der Waals surface area contributed by atoms with E-state index in [4.69, 9.17) is 0 Å². The maximum absolute atomic E-state index is 4.67. The van der Waals surface area contributed by atoms with Gasteiger partial charge in [-0.25, -0.2) is 4.98 Å². The van der Waals surface area contributed by atoms with E-state index in [2.05, 4.69) is 38.7 Å². The minimum Gasteiger partial charge on any atom is -0.347 e. The Bertz CT molecular complexity index is 521. The van der Waals surface area contributed by atoms with E-state index in [1.807, 2.05) is 12.3 Å². The summed E-state index contributed by atoms with van der Waals surface area (Å²) in [6, 6.07) is 4.79. The van der Waals surface area contributed by atoms with E-state index in [0.717, 1.165) is 30.0 Å². The Labute approximate surface area is 117 Å². The molecule has 0 radical (unpaired) electrons. The van der Waals surface area contributed by atoms with Crippen LogP contribution in [-0.4, -0.2) is 23.1 Å². The Morgan fingerprint density at radius 1 is 1.47 bits per heavy atom. The predicted molar refractivity (Wildman–Crippen MR) is 78.3 cm³/mol. The predicted octanol–water partition coefficient (Wildman–Crippen LogP) is 2.43. The summed E-state index contributed by atoms with van der Waals surface area (Å²) in [5.74, 6) is 0. The van der Waals surface area contributed by atoms with E-state index in [0.29, 0.717) is 0 Å². The van der Waals surface area contributed by atoms with Crippen LogP contribution < -0.4 is 10.2 Å². The van der Waals surface area contributed by atoms with Crippen LogP contribution in [0, 0.1) is 0 Å². The molecule has 0 unspecified atom stereocenters. The summed E-state index contributed by atoms with van der Waals surface area (Å²) in [6.07, 6.45) is 6.34. The molecule has 1 saturated carbocycles. The summed E-state index contributed by atoms with van der Waals surface area (Å²) in [4.78, 5) is 11.0. The third kappa shape index (κ3) is 3.52. The summed E-state index contributed by atoms with van der Waals surface area (Å²) in [6.45, 7) is 1.73. The van der Waals surface area contributed by atoms with Gasteiger partial charge in [-0.1, -0.05) is 6.07 Å². The first-order chi connectivity index (χ1) is 9.31. The number of hydrogen-bond acceptors (Lipinski definition) is 5. The van der Waals surface area contributed by atoms with Gasteiger partial charge in [0.2, 0.25) is 0 Å². The van der Waals surface area contributed by atoms with Crippen molar-refractivity contribution in [2.24, 2.45) is 0 Å². The molecular formula is C14H18N4S. The summed E-state index contributed by atoms with van der Waals surface area (Å²) in [5.41, 5.74) is 2.35. The van der Waals surface area contributed by atoms with E-state index in [-0.39, 0.29) is 0 Å². The molecule has 4 nitrogen and oxygen atoms in total. The van der Waals surface area contributed by atoms with Crippen LogP contribution in [0.3, 0.4) is 0 Å². The topological polar surface area (TPSA) is 41.1 Å². The Kier molecular flexibility index (Phi) is 3.75. The smallest absolute Gasteiger partial charge is 0.185 e. The molecule has 2 aromatic heterocycles. The summed E-state index contributed by atoms with van der Waals surface area (Å²) < 4.78 is 0. The first-order valence-electron chi connectivity index (χ1n) is 6.59. The van der Waals surface area contributed by atoms with Gasteiger partial charge in [0, 0.05) is 44.0 Å². The average molecular weight is 274 g/mol. The molecule has 0 aliphatic heterocycles. The van der Waals surface area contributed by atoms with Crippen molar-refractivity contribution >= 4 is 16.5 Å². The quantitative estimate of drug-likeness (QED) is 0.878. The first-order valence-corrected chi connectivity index (χ1v) is 7.47. The summed E-state index contributed by atoms with van der Waals surface area (Å²) >= 11 is 1.70. The maximum Gasteiger partial charge on any atom is 0.185 e. The van der Waals surface area contributed by atoms with Gasteiger partial charge in [-0.05, 0) is 24.5 Å². The van der Waals surface area contributed by atoms with Crippen molar-refractivity contribution in [3.63, 3.8) is 0 Å². The number of hydrogen-bond donors (Lipinski definition) is 1. The lowest BCUT2D eigenvalue weighted by atomic mass is 10.3. The van der Waals surface area contributed by atoms with Crippen molar-refractivity contribution in [2.75, 3.05) is 11.9 Å². The van der Waals surface area contributed by atoms with Crippen molar-refractivity contribution in [2.45, 2.75) is 32.0 Å². The number of thiazole rings is 1. The molecule has 0 aromatic carbocycles. The van der Waals surface area contributed by atoms with Crippen LogP contribution in [0.4, 0.5) is 5.13 Å². The van der Waals surface area contributed by atoms with Crippen LogP contribution in [0.25, 0.3) is 0 Å². The molecule has 0 saturated heterocycles. The largest absolute Gasteiger partial charge is 0.347 e. The van der Waals surface area contributed by atoms with Crippen molar-refractivity contribution in [3.8, 4) is 0 Å². The van der Waals surface area contributed by atoms with Gasteiger partial charge in [-0.15, -0.1) is 11.3 Å². The fourth-order valence-electron chi connectivity index (χ4n) is 1.92. The first kappa shape index (κ1) is 12.6. The number of anilines is 1. The molecule has 100 valence electrons. The van der Waals surface area contributed by atoms with Gasteiger partial charge in [0.25, 0.3) is 0 Å². The number of rotatable bonds is 6. The van der Waals surface area contributed by atoms with Crippen LogP contribution in [0.2, 0.25) is 0 Å². The Morgan fingerprint density at radius 2 is 2.37 bits per heavy atom. The fraction of sp³-hybridized carbons (Fsp3) is 0.429. The Balaban J connectivity index is 1.58. The second-order valence-corrected chi connectivity index (χ2v) is 5.83. The highest BCUT2D eigenvalue weighted by molar-refractivity contribution is 7.13. The molecule has 2 aromatic rings. The van der Waals surface area contributed by atoms with Crippen LogP contribution in [0.5, 0.6) is 0 Å². The number of pyridine rings is 1. The highest BCUT2D eigenvalue weighted by Gasteiger charge is 2.20. The standard InChI is InChI=1S/C14H18N4S/c1-18(9-11-3-2-6-15-7-11)14-17-13(10-19-14)8-16-12-4-5-12/h2-3,6-7,10,12,16H,4-5,8-9H2,1H3. The lowest BCUT2D eigenvalue weighted by Gasteiger charge is -2.15. The molecule has 2 heterocycles. The van der Waals surface area contributed by atoms with E-state index in [1.165, 1.54) is 18.4 Å². The summed E-state index contributed by atoms with van der Waals surface area (Å²) in [5, 5.41) is 6.70. The average Bonchev–Trinajstić information content (AvgIpc) is 3.14. The second-order valence-electron chi connectivity index (χ2n) is 4.99. The van der Waals surface area contributed by atoms with Gasteiger partial charge in [0.05, 0.1) is 5.69 Å². The fourth-order valence-corrected chi connectivity index (χ4v) is 2.71. The van der Waals surface area contributed by atoms with Gasteiger partial charge in [0.1, 0.15) is 0 Å². The monoisotopic (exact) mass is 274 g/mol. The number of aromatic nitrogens is 2. The number of nitrogens with one attached hydrogen (secondary N) is 1. The third-order valence-electron chi connectivity index (χ3n) is 3.16. The maximum atomic E-state index is 4.67. The minimum absolute atomic E-state index is 0.735. The van der Waals surface area contributed by atoms with E-state index in [1.54, 1.807) is 17.5 Å². The van der Waals surface area contributed by atoms with Gasteiger partial charge in [0.15, 0.2) is 5.13 Å². The third-order valence-corrected chi connectivity index (χ3v) is 4.16. The molecule has 0 atom stereocenters. The Hall–Kier alpha value is -1.46. The van der Waals surface area contributed by atoms with Crippen molar-refractivity contribution in [1.29, 1.82) is 0 Å². The molecule has 1 aliphatic carbocycles. The molecule has 3 rings (SSSR count). The van der Waals surface area contributed by atoms with Crippen molar-refractivity contribution in [3.05, 3.63) is 41.2 Å². The van der Waals surface area contributed by atoms with Gasteiger partial charge < -0.3 is 10.2 Å². The molecule has 1 N–H and O–H groups in total. The van der Waals surface area contributed by atoms with Crippen LogP contribution >= 0.6 is 11.3 Å². The normalized spacial score (nSPS) is 14.6. The molecular weight excluding hydrogens is 256 g/mol. The zero-order chi connectivity index (χ0) is 13.1. The molecule has 5 heteroatoms. The lowest BCUT2D eigenvalue weighted by Crippen LogP contribution is -2.17. The zero-order valence-electron chi connectivity index (χ0n) is 11.0. The zero-order valence-corrected chi connectivity index (χ0v) is 11.9. The molecule has 19 heavy (non-hydrogen) atoms. The molecule has 0 spiro atoms. The van der Waals surface area contributed by atoms with Crippen molar-refractivity contribution < 1.29 is 0 Å². The van der Waals surface area contributed by atoms with Crippen molar-refractivity contribution in [1.82, 2.24) is 15.3 Å². The molecule has 1 aliphatic rings.